The number of para-hydroxylation sites is 2. The maximum absolute atomic E-state index is 5.32. The Kier molecular flexibility index (Phi) is 8.04. The van der Waals surface area contributed by atoms with Crippen LogP contribution in [-0.2, 0) is 0 Å². The van der Waals surface area contributed by atoms with E-state index in [2.05, 4.69) is 191 Å². The van der Waals surface area contributed by atoms with E-state index in [-0.39, 0.29) is 0 Å². The van der Waals surface area contributed by atoms with Gasteiger partial charge in [-0.1, -0.05) is 164 Å². The van der Waals surface area contributed by atoms with Gasteiger partial charge >= 0.3 is 0 Å². The largest absolute Gasteiger partial charge is 0.292 e. The lowest BCUT2D eigenvalue weighted by molar-refractivity contribution is 0.954. The molecule has 6 heteroatoms. The van der Waals surface area contributed by atoms with Crippen LogP contribution in [0.5, 0.6) is 0 Å². The van der Waals surface area contributed by atoms with Gasteiger partial charge in [-0.15, -0.1) is 0 Å². The molecule has 0 saturated heterocycles. The fraction of sp³-hybridized carbons (Fsp3) is 0. The summed E-state index contributed by atoms with van der Waals surface area (Å²) in [6.45, 7) is 0. The Bertz CT molecular complexity index is 3160. The van der Waals surface area contributed by atoms with E-state index < -0.39 is 0 Å². The molecule has 0 aliphatic heterocycles. The summed E-state index contributed by atoms with van der Waals surface area (Å²) in [4.78, 5) is 21.1. The second-order valence-corrected chi connectivity index (χ2v) is 14.4. The molecule has 3 aromatic heterocycles. The molecule has 8 aromatic carbocycles. The van der Waals surface area contributed by atoms with Crippen LogP contribution in [0.15, 0.2) is 206 Å². The summed E-state index contributed by atoms with van der Waals surface area (Å²) in [6, 6.07) is 71.5. The van der Waals surface area contributed by atoms with Gasteiger partial charge in [0.25, 0.3) is 0 Å². The van der Waals surface area contributed by atoms with Crippen LogP contribution in [0.4, 0.5) is 0 Å². The molecule has 58 heavy (non-hydrogen) atoms. The Morgan fingerprint density at radius 2 is 0.793 bits per heavy atom. The van der Waals surface area contributed by atoms with Gasteiger partial charge in [0, 0.05) is 33.2 Å². The van der Waals surface area contributed by atoms with Crippen molar-refractivity contribution in [3.05, 3.63) is 206 Å². The minimum Gasteiger partial charge on any atom is -0.292 e. The quantitative estimate of drug-likeness (QED) is 0.163. The molecule has 0 N–H and O–H groups in total. The van der Waals surface area contributed by atoms with Crippen molar-refractivity contribution in [1.82, 2.24) is 29.1 Å². The summed E-state index contributed by atoms with van der Waals surface area (Å²) >= 11 is 0. The van der Waals surface area contributed by atoms with Crippen molar-refractivity contribution < 1.29 is 0 Å². The summed E-state index contributed by atoms with van der Waals surface area (Å²) in [5, 5.41) is 2.18. The molecule has 0 radical (unpaired) electrons. The Morgan fingerprint density at radius 1 is 0.293 bits per heavy atom. The van der Waals surface area contributed by atoms with E-state index in [1.165, 1.54) is 0 Å². The molecule has 0 aliphatic rings. The van der Waals surface area contributed by atoms with Crippen LogP contribution in [0.2, 0.25) is 0 Å². The average Bonchev–Trinajstić information content (AvgIpc) is 3.84. The Labute approximate surface area is 335 Å². The monoisotopic (exact) mass is 742 g/mol. The van der Waals surface area contributed by atoms with Crippen molar-refractivity contribution in [2.75, 3.05) is 0 Å². The van der Waals surface area contributed by atoms with Crippen LogP contribution in [-0.4, -0.2) is 29.1 Å². The first kappa shape index (κ1) is 33.4. The average molecular weight is 743 g/mol. The van der Waals surface area contributed by atoms with Gasteiger partial charge in [-0.25, -0.2) is 9.97 Å². The summed E-state index contributed by atoms with van der Waals surface area (Å²) in [7, 11) is 0. The SMILES string of the molecule is c1ccc(-c2cccc(-c3nc(-c4cccc(-c5ccccc5)c4)nc(-n4c5ccccc5c5cc6c(cc54)nc(-c4ccccc4)n6-c4ccccc4)n3)c2)cc1. The van der Waals surface area contributed by atoms with E-state index in [9.17, 15) is 0 Å². The molecule has 0 spiro atoms. The summed E-state index contributed by atoms with van der Waals surface area (Å²) < 4.78 is 4.43. The number of hydrogen-bond donors (Lipinski definition) is 0. The highest BCUT2D eigenvalue weighted by Gasteiger charge is 2.22. The highest BCUT2D eigenvalue weighted by atomic mass is 15.2. The standard InChI is InChI=1S/C52H34N6/c1-5-17-35(18-6-1)38-23-15-25-40(31-38)49-54-50(41-26-16-24-39(32-41)36-19-7-2-8-20-36)56-52(55-49)58-46-30-14-13-29-43(46)44-33-48-45(34-47(44)58)53-51(37-21-9-3-10-22-37)57(48)42-27-11-4-12-28-42/h1-34H. The molecule has 0 bridgehead atoms. The Balaban J connectivity index is 1.17. The van der Waals surface area contributed by atoms with Crippen LogP contribution in [0.3, 0.4) is 0 Å². The van der Waals surface area contributed by atoms with E-state index in [0.717, 1.165) is 83.3 Å². The molecule has 3 heterocycles. The molecule has 0 atom stereocenters. The van der Waals surface area contributed by atoms with E-state index in [1.807, 2.05) is 24.3 Å². The van der Waals surface area contributed by atoms with Crippen LogP contribution < -0.4 is 0 Å². The molecule has 0 amide bonds. The molecule has 272 valence electrons. The summed E-state index contributed by atoms with van der Waals surface area (Å²) in [5.74, 6) is 2.60. The number of hydrogen-bond acceptors (Lipinski definition) is 4. The third-order valence-electron chi connectivity index (χ3n) is 10.8. The third kappa shape index (κ3) is 5.83. The van der Waals surface area contributed by atoms with Crippen LogP contribution >= 0.6 is 0 Å². The van der Waals surface area contributed by atoms with Crippen molar-refractivity contribution in [2.24, 2.45) is 0 Å². The Hall–Kier alpha value is -7.96. The van der Waals surface area contributed by atoms with Gasteiger partial charge in [0.1, 0.15) is 5.82 Å². The van der Waals surface area contributed by atoms with Crippen LogP contribution in [0, 0.1) is 0 Å². The molecular formula is C52H34N6. The molecule has 0 aliphatic carbocycles. The first-order chi connectivity index (χ1) is 28.7. The fourth-order valence-corrected chi connectivity index (χ4v) is 8.03. The molecule has 11 aromatic rings. The van der Waals surface area contributed by atoms with Crippen molar-refractivity contribution in [3.63, 3.8) is 0 Å². The van der Waals surface area contributed by atoms with Crippen molar-refractivity contribution >= 4 is 32.8 Å². The van der Waals surface area contributed by atoms with Gasteiger partial charge < -0.3 is 0 Å². The number of benzene rings is 8. The first-order valence-electron chi connectivity index (χ1n) is 19.4. The zero-order chi connectivity index (χ0) is 38.4. The fourth-order valence-electron chi connectivity index (χ4n) is 8.03. The predicted molar refractivity (Wildman–Crippen MR) is 236 cm³/mol. The van der Waals surface area contributed by atoms with Crippen LogP contribution in [0.1, 0.15) is 0 Å². The summed E-state index contributed by atoms with van der Waals surface area (Å²) in [5.41, 5.74) is 12.2. The van der Waals surface area contributed by atoms with Gasteiger partial charge in [-0.05, 0) is 64.7 Å². The molecule has 0 unspecified atom stereocenters. The highest BCUT2D eigenvalue weighted by Crippen LogP contribution is 2.38. The van der Waals surface area contributed by atoms with Crippen LogP contribution in [0.25, 0.3) is 101 Å². The van der Waals surface area contributed by atoms with Crippen molar-refractivity contribution in [3.8, 4) is 68.1 Å². The maximum atomic E-state index is 5.32. The van der Waals surface area contributed by atoms with Gasteiger partial charge in [-0.2, -0.15) is 9.97 Å². The smallest absolute Gasteiger partial charge is 0.238 e. The third-order valence-corrected chi connectivity index (χ3v) is 10.8. The lowest BCUT2D eigenvalue weighted by Crippen LogP contribution is -2.06. The van der Waals surface area contributed by atoms with E-state index >= 15 is 0 Å². The van der Waals surface area contributed by atoms with E-state index in [4.69, 9.17) is 19.9 Å². The Morgan fingerprint density at radius 3 is 1.40 bits per heavy atom. The van der Waals surface area contributed by atoms with Gasteiger partial charge in [-0.3, -0.25) is 9.13 Å². The molecule has 6 nitrogen and oxygen atoms in total. The molecule has 0 saturated carbocycles. The number of rotatable bonds is 7. The van der Waals surface area contributed by atoms with Crippen molar-refractivity contribution in [1.29, 1.82) is 0 Å². The van der Waals surface area contributed by atoms with Gasteiger partial charge in [0.05, 0.1) is 22.1 Å². The number of imidazole rings is 1. The first-order valence-corrected chi connectivity index (χ1v) is 19.4. The second kappa shape index (κ2) is 14.0. The minimum atomic E-state index is 0.534. The summed E-state index contributed by atoms with van der Waals surface area (Å²) in [6.07, 6.45) is 0. The highest BCUT2D eigenvalue weighted by molar-refractivity contribution is 6.13. The molecule has 11 rings (SSSR count). The predicted octanol–water partition coefficient (Wildman–Crippen LogP) is 12.6. The topological polar surface area (TPSA) is 61.4 Å². The number of fused-ring (bicyclic) bond motifs is 4. The van der Waals surface area contributed by atoms with E-state index in [1.54, 1.807) is 0 Å². The van der Waals surface area contributed by atoms with Crippen molar-refractivity contribution in [2.45, 2.75) is 0 Å². The second-order valence-electron chi connectivity index (χ2n) is 14.4. The minimum absolute atomic E-state index is 0.534. The number of aromatic nitrogens is 6. The zero-order valence-electron chi connectivity index (χ0n) is 31.3. The lowest BCUT2D eigenvalue weighted by atomic mass is 10.0. The molecule has 0 fully saturated rings. The number of nitrogens with zero attached hydrogens (tertiary/aromatic N) is 6. The van der Waals surface area contributed by atoms with E-state index in [0.29, 0.717) is 17.6 Å². The lowest BCUT2D eigenvalue weighted by Gasteiger charge is -2.12. The zero-order valence-corrected chi connectivity index (χ0v) is 31.3. The van der Waals surface area contributed by atoms with Gasteiger partial charge in [0.15, 0.2) is 11.6 Å². The maximum Gasteiger partial charge on any atom is 0.238 e. The molecular weight excluding hydrogens is 709 g/mol. The normalized spacial score (nSPS) is 11.4. The van der Waals surface area contributed by atoms with Gasteiger partial charge in [0.2, 0.25) is 5.95 Å².